The van der Waals surface area contributed by atoms with E-state index in [2.05, 4.69) is 0 Å². The summed E-state index contributed by atoms with van der Waals surface area (Å²) >= 11 is 0. The molecule has 0 aromatic heterocycles. The molecule has 0 aliphatic carbocycles. The highest BCUT2D eigenvalue weighted by Crippen LogP contribution is 2.14. The van der Waals surface area contributed by atoms with Crippen LogP contribution >= 0.6 is 0 Å². The van der Waals surface area contributed by atoms with E-state index < -0.39 is 5.60 Å². The second-order valence-corrected chi connectivity index (χ2v) is 4.87. The van der Waals surface area contributed by atoms with Crippen molar-refractivity contribution in [1.82, 2.24) is 4.90 Å². The SMILES string of the molecule is CCC(CC)N(CCO)C(=O)OC(C)(C)C. The monoisotopic (exact) mass is 231 g/mol. The zero-order chi connectivity index (χ0) is 12.8. The lowest BCUT2D eigenvalue weighted by atomic mass is 10.1. The van der Waals surface area contributed by atoms with Crippen LogP contribution < -0.4 is 0 Å². The van der Waals surface area contributed by atoms with Gasteiger partial charge in [-0.05, 0) is 33.6 Å². The lowest BCUT2D eigenvalue weighted by Gasteiger charge is -2.32. The van der Waals surface area contributed by atoms with Crippen molar-refractivity contribution >= 4 is 6.09 Å². The second kappa shape index (κ2) is 6.74. The van der Waals surface area contributed by atoms with Gasteiger partial charge in [0.15, 0.2) is 0 Å². The van der Waals surface area contributed by atoms with Crippen LogP contribution in [0.15, 0.2) is 0 Å². The summed E-state index contributed by atoms with van der Waals surface area (Å²) in [6, 6.07) is 0.141. The van der Waals surface area contributed by atoms with Crippen molar-refractivity contribution < 1.29 is 14.6 Å². The number of aliphatic hydroxyl groups excluding tert-OH is 1. The molecule has 0 heterocycles. The summed E-state index contributed by atoms with van der Waals surface area (Å²) in [5, 5.41) is 8.97. The zero-order valence-electron chi connectivity index (χ0n) is 11.1. The standard InChI is InChI=1S/C12H25NO3/c1-6-10(7-2)13(8-9-14)11(15)16-12(3,4)5/h10,14H,6-9H2,1-5H3. The van der Waals surface area contributed by atoms with E-state index in [1.165, 1.54) is 0 Å². The molecule has 16 heavy (non-hydrogen) atoms. The molecule has 0 bridgehead atoms. The molecule has 0 saturated heterocycles. The van der Waals surface area contributed by atoms with Crippen LogP contribution in [0.25, 0.3) is 0 Å². The summed E-state index contributed by atoms with van der Waals surface area (Å²) in [7, 11) is 0. The van der Waals surface area contributed by atoms with E-state index in [-0.39, 0.29) is 18.7 Å². The maximum absolute atomic E-state index is 11.9. The first-order chi connectivity index (χ1) is 7.35. The topological polar surface area (TPSA) is 49.8 Å². The molecule has 1 N–H and O–H groups in total. The molecule has 0 rings (SSSR count). The Morgan fingerprint density at radius 2 is 1.81 bits per heavy atom. The summed E-state index contributed by atoms with van der Waals surface area (Å²) < 4.78 is 5.31. The third-order valence-corrected chi connectivity index (χ3v) is 2.35. The highest BCUT2D eigenvalue weighted by Gasteiger charge is 2.25. The van der Waals surface area contributed by atoms with Gasteiger partial charge in [0.25, 0.3) is 0 Å². The van der Waals surface area contributed by atoms with E-state index >= 15 is 0 Å². The number of rotatable bonds is 5. The van der Waals surface area contributed by atoms with Crippen molar-refractivity contribution in [2.75, 3.05) is 13.2 Å². The van der Waals surface area contributed by atoms with Crippen molar-refractivity contribution in [3.8, 4) is 0 Å². The molecule has 0 aliphatic heterocycles. The Kier molecular flexibility index (Phi) is 6.41. The number of amides is 1. The first-order valence-electron chi connectivity index (χ1n) is 5.96. The molecule has 0 unspecified atom stereocenters. The van der Waals surface area contributed by atoms with Gasteiger partial charge in [-0.25, -0.2) is 4.79 Å². The molecular weight excluding hydrogens is 206 g/mol. The van der Waals surface area contributed by atoms with Crippen molar-refractivity contribution in [3.63, 3.8) is 0 Å². The summed E-state index contributed by atoms with van der Waals surface area (Å²) in [5.41, 5.74) is -0.489. The van der Waals surface area contributed by atoms with Gasteiger partial charge in [-0.3, -0.25) is 0 Å². The van der Waals surface area contributed by atoms with E-state index in [9.17, 15) is 4.79 Å². The Bertz CT molecular complexity index is 207. The van der Waals surface area contributed by atoms with Gasteiger partial charge in [-0.1, -0.05) is 13.8 Å². The first kappa shape index (κ1) is 15.2. The van der Waals surface area contributed by atoms with Crippen LogP contribution in [0, 0.1) is 0 Å². The number of carbonyl (C=O) groups excluding carboxylic acids is 1. The van der Waals surface area contributed by atoms with Crippen LogP contribution in [0.4, 0.5) is 4.79 Å². The molecule has 4 nitrogen and oxygen atoms in total. The van der Waals surface area contributed by atoms with Crippen molar-refractivity contribution in [2.45, 2.75) is 59.1 Å². The van der Waals surface area contributed by atoms with Crippen LogP contribution in [-0.4, -0.2) is 40.9 Å². The van der Waals surface area contributed by atoms with E-state index in [1.54, 1.807) is 4.90 Å². The van der Waals surface area contributed by atoms with E-state index in [4.69, 9.17) is 9.84 Å². The second-order valence-electron chi connectivity index (χ2n) is 4.87. The highest BCUT2D eigenvalue weighted by atomic mass is 16.6. The largest absolute Gasteiger partial charge is 0.444 e. The van der Waals surface area contributed by atoms with Gasteiger partial charge in [-0.2, -0.15) is 0 Å². The Balaban J connectivity index is 4.57. The minimum atomic E-state index is -0.489. The van der Waals surface area contributed by atoms with Gasteiger partial charge in [-0.15, -0.1) is 0 Å². The third kappa shape index (κ3) is 5.35. The fourth-order valence-corrected chi connectivity index (χ4v) is 1.58. The number of carbonyl (C=O) groups is 1. The van der Waals surface area contributed by atoms with Gasteiger partial charge in [0.2, 0.25) is 0 Å². The molecule has 0 saturated carbocycles. The van der Waals surface area contributed by atoms with Crippen molar-refractivity contribution in [3.05, 3.63) is 0 Å². The molecular formula is C12H25NO3. The normalized spacial score (nSPS) is 11.7. The summed E-state index contributed by atoms with van der Waals surface area (Å²) in [5.74, 6) is 0. The number of hydrogen-bond acceptors (Lipinski definition) is 3. The van der Waals surface area contributed by atoms with Crippen LogP contribution in [0.1, 0.15) is 47.5 Å². The average Bonchev–Trinajstić information content (AvgIpc) is 2.15. The van der Waals surface area contributed by atoms with Gasteiger partial charge in [0.05, 0.1) is 6.61 Å². The van der Waals surface area contributed by atoms with Crippen molar-refractivity contribution in [1.29, 1.82) is 0 Å². The molecule has 0 atom stereocenters. The smallest absolute Gasteiger partial charge is 0.410 e. The maximum atomic E-state index is 11.9. The molecule has 0 spiro atoms. The van der Waals surface area contributed by atoms with Gasteiger partial charge < -0.3 is 14.7 Å². The average molecular weight is 231 g/mol. The lowest BCUT2D eigenvalue weighted by molar-refractivity contribution is 0.0114. The molecule has 4 heteroatoms. The Hall–Kier alpha value is -0.770. The molecule has 1 amide bonds. The number of nitrogens with zero attached hydrogens (tertiary/aromatic N) is 1. The predicted molar refractivity (Wildman–Crippen MR) is 64.4 cm³/mol. The molecule has 0 fully saturated rings. The quantitative estimate of drug-likeness (QED) is 0.790. The summed E-state index contributed by atoms with van der Waals surface area (Å²) in [4.78, 5) is 13.5. The van der Waals surface area contributed by atoms with E-state index in [0.29, 0.717) is 6.54 Å². The Labute approximate surface area is 98.6 Å². The zero-order valence-corrected chi connectivity index (χ0v) is 11.1. The molecule has 96 valence electrons. The minimum Gasteiger partial charge on any atom is -0.444 e. The highest BCUT2D eigenvalue weighted by molar-refractivity contribution is 5.68. The first-order valence-corrected chi connectivity index (χ1v) is 5.96. The fraction of sp³-hybridized carbons (Fsp3) is 0.917. The predicted octanol–water partition coefficient (Wildman–Crippen LogP) is 2.40. The fourth-order valence-electron chi connectivity index (χ4n) is 1.58. The number of ether oxygens (including phenoxy) is 1. The third-order valence-electron chi connectivity index (χ3n) is 2.35. The van der Waals surface area contributed by atoms with Gasteiger partial charge in [0.1, 0.15) is 5.60 Å². The maximum Gasteiger partial charge on any atom is 0.410 e. The van der Waals surface area contributed by atoms with E-state index in [1.807, 2.05) is 34.6 Å². The molecule has 0 aromatic carbocycles. The van der Waals surface area contributed by atoms with Gasteiger partial charge in [0, 0.05) is 12.6 Å². The molecule has 0 aromatic rings. The summed E-state index contributed by atoms with van der Waals surface area (Å²) in [6.07, 6.45) is 1.40. The van der Waals surface area contributed by atoms with Gasteiger partial charge >= 0.3 is 6.09 Å². The lowest BCUT2D eigenvalue weighted by Crippen LogP contribution is -2.44. The number of aliphatic hydroxyl groups is 1. The van der Waals surface area contributed by atoms with Crippen LogP contribution in [0.5, 0.6) is 0 Å². The van der Waals surface area contributed by atoms with Crippen LogP contribution in [0.3, 0.4) is 0 Å². The van der Waals surface area contributed by atoms with E-state index in [0.717, 1.165) is 12.8 Å². The Morgan fingerprint density at radius 1 is 1.31 bits per heavy atom. The molecule has 0 radical (unpaired) electrons. The van der Waals surface area contributed by atoms with Crippen molar-refractivity contribution in [2.24, 2.45) is 0 Å². The Morgan fingerprint density at radius 3 is 2.12 bits per heavy atom. The van der Waals surface area contributed by atoms with Crippen LogP contribution in [0.2, 0.25) is 0 Å². The summed E-state index contributed by atoms with van der Waals surface area (Å²) in [6.45, 7) is 9.89. The molecule has 0 aliphatic rings. The minimum absolute atomic E-state index is 0.0320. The number of hydrogen-bond donors (Lipinski definition) is 1. The van der Waals surface area contributed by atoms with Crippen LogP contribution in [-0.2, 0) is 4.74 Å².